The Balaban J connectivity index is 2.42. The van der Waals surface area contributed by atoms with Crippen LogP contribution in [0.2, 0.25) is 0 Å². The summed E-state index contributed by atoms with van der Waals surface area (Å²) in [6.45, 7) is 0. The fraction of sp³-hybridized carbons (Fsp3) is 0.0769. The molecular weight excluding hydrogens is 202 g/mol. The van der Waals surface area contributed by atoms with Crippen molar-refractivity contribution in [2.75, 3.05) is 0 Å². The highest BCUT2D eigenvalue weighted by Crippen LogP contribution is 2.15. The molecule has 0 saturated heterocycles. The first-order valence-corrected chi connectivity index (χ1v) is 5.01. The minimum atomic E-state index is -0.0286. The maximum atomic E-state index is 11.7. The maximum absolute atomic E-state index is 11.7. The molecule has 0 fully saturated rings. The van der Waals surface area contributed by atoms with Crippen molar-refractivity contribution >= 4 is 11.5 Å². The zero-order valence-electron chi connectivity index (χ0n) is 8.63. The molecule has 0 bridgehead atoms. The number of benzene rings is 1. The first-order chi connectivity index (χ1) is 7.83. The van der Waals surface area contributed by atoms with Gasteiger partial charge in [0, 0.05) is 17.6 Å². The van der Waals surface area contributed by atoms with Gasteiger partial charge < -0.3 is 5.21 Å². The number of rotatable bonds is 2. The van der Waals surface area contributed by atoms with E-state index < -0.39 is 0 Å². The van der Waals surface area contributed by atoms with Crippen molar-refractivity contribution in [1.29, 1.82) is 0 Å². The lowest BCUT2D eigenvalue weighted by Gasteiger charge is -2.09. The predicted molar refractivity (Wildman–Crippen MR) is 61.6 cm³/mol. The van der Waals surface area contributed by atoms with Crippen molar-refractivity contribution in [1.82, 2.24) is 0 Å². The third-order valence-corrected chi connectivity index (χ3v) is 2.40. The second-order valence-electron chi connectivity index (χ2n) is 3.45. The number of ketones is 1. The fourth-order valence-corrected chi connectivity index (χ4v) is 1.62. The SMILES string of the molecule is O=C1CC=CC=C1C(=NO)c1ccccc1. The van der Waals surface area contributed by atoms with Crippen molar-refractivity contribution in [3.05, 3.63) is 59.7 Å². The number of allylic oxidation sites excluding steroid dienone is 4. The molecule has 1 aliphatic carbocycles. The van der Waals surface area contributed by atoms with Crippen LogP contribution in [0.5, 0.6) is 0 Å². The number of hydrogen-bond donors (Lipinski definition) is 1. The van der Waals surface area contributed by atoms with Crippen LogP contribution in [0.25, 0.3) is 0 Å². The number of carbonyl (C=O) groups excluding carboxylic acids is 1. The van der Waals surface area contributed by atoms with E-state index in [1.165, 1.54) is 0 Å². The smallest absolute Gasteiger partial charge is 0.168 e. The van der Waals surface area contributed by atoms with E-state index in [1.807, 2.05) is 30.3 Å². The van der Waals surface area contributed by atoms with Gasteiger partial charge in [0.1, 0.15) is 5.71 Å². The van der Waals surface area contributed by atoms with Gasteiger partial charge in [0.25, 0.3) is 0 Å². The molecule has 0 saturated carbocycles. The highest BCUT2D eigenvalue weighted by atomic mass is 16.4. The van der Waals surface area contributed by atoms with Crippen LogP contribution in [0.4, 0.5) is 0 Å². The lowest BCUT2D eigenvalue weighted by molar-refractivity contribution is -0.114. The second-order valence-corrected chi connectivity index (χ2v) is 3.45. The Kier molecular flexibility index (Phi) is 2.96. The van der Waals surface area contributed by atoms with Gasteiger partial charge in [0.15, 0.2) is 5.78 Å². The molecule has 0 aliphatic heterocycles. The van der Waals surface area contributed by atoms with Crippen molar-refractivity contribution in [2.24, 2.45) is 5.16 Å². The molecule has 3 nitrogen and oxygen atoms in total. The summed E-state index contributed by atoms with van der Waals surface area (Å²) in [5.74, 6) is -0.0286. The third-order valence-electron chi connectivity index (χ3n) is 2.40. The summed E-state index contributed by atoms with van der Waals surface area (Å²) >= 11 is 0. The molecule has 0 atom stereocenters. The summed E-state index contributed by atoms with van der Waals surface area (Å²) in [7, 11) is 0. The second kappa shape index (κ2) is 4.57. The van der Waals surface area contributed by atoms with Gasteiger partial charge in [0.05, 0.1) is 0 Å². The predicted octanol–water partition coefficient (Wildman–Crippen LogP) is 2.32. The Morgan fingerprint density at radius 3 is 2.62 bits per heavy atom. The van der Waals surface area contributed by atoms with Crippen LogP contribution in [-0.4, -0.2) is 16.7 Å². The molecule has 0 aromatic heterocycles. The minimum Gasteiger partial charge on any atom is -0.410 e. The van der Waals surface area contributed by atoms with Crippen LogP contribution in [0.15, 0.2) is 59.3 Å². The highest BCUT2D eigenvalue weighted by molar-refractivity contribution is 6.29. The molecule has 1 aliphatic rings. The first-order valence-electron chi connectivity index (χ1n) is 5.01. The van der Waals surface area contributed by atoms with Crippen molar-refractivity contribution in [2.45, 2.75) is 6.42 Å². The minimum absolute atomic E-state index is 0.0286. The van der Waals surface area contributed by atoms with Crippen molar-refractivity contribution in [3.63, 3.8) is 0 Å². The van der Waals surface area contributed by atoms with Gasteiger partial charge in [-0.25, -0.2) is 0 Å². The highest BCUT2D eigenvalue weighted by Gasteiger charge is 2.18. The molecule has 1 aromatic carbocycles. The first kappa shape index (κ1) is 10.4. The van der Waals surface area contributed by atoms with E-state index in [0.717, 1.165) is 5.56 Å². The van der Waals surface area contributed by atoms with Crippen LogP contribution in [0.1, 0.15) is 12.0 Å². The Hall–Kier alpha value is -2.16. The Morgan fingerprint density at radius 1 is 1.25 bits per heavy atom. The number of carbonyl (C=O) groups is 1. The molecule has 2 rings (SSSR count). The summed E-state index contributed by atoms with van der Waals surface area (Å²) in [4.78, 5) is 11.7. The maximum Gasteiger partial charge on any atom is 0.168 e. The van der Waals surface area contributed by atoms with Crippen LogP contribution in [0, 0.1) is 0 Å². The molecule has 1 aromatic rings. The number of oxime groups is 1. The molecule has 0 spiro atoms. The molecule has 1 N–H and O–H groups in total. The monoisotopic (exact) mass is 213 g/mol. The summed E-state index contributed by atoms with van der Waals surface area (Å²) in [6.07, 6.45) is 5.61. The Bertz CT molecular complexity index is 484. The number of Topliss-reactive ketones (excluding diaryl/α,β-unsaturated/α-hetero) is 1. The van der Waals surface area contributed by atoms with Crippen LogP contribution in [-0.2, 0) is 4.79 Å². The number of nitrogens with zero attached hydrogens (tertiary/aromatic N) is 1. The summed E-state index contributed by atoms with van der Waals surface area (Å²) in [5.41, 5.74) is 1.52. The van der Waals surface area contributed by atoms with E-state index >= 15 is 0 Å². The zero-order valence-corrected chi connectivity index (χ0v) is 8.63. The average molecular weight is 213 g/mol. The summed E-state index contributed by atoms with van der Waals surface area (Å²) < 4.78 is 0. The van der Waals surface area contributed by atoms with Crippen LogP contribution in [0.3, 0.4) is 0 Å². The third kappa shape index (κ3) is 1.93. The Labute approximate surface area is 93.4 Å². The largest absolute Gasteiger partial charge is 0.410 e. The van der Waals surface area contributed by atoms with E-state index in [0.29, 0.717) is 17.7 Å². The molecule has 0 radical (unpaired) electrons. The molecule has 0 unspecified atom stereocenters. The van der Waals surface area contributed by atoms with Gasteiger partial charge in [-0.15, -0.1) is 0 Å². The van der Waals surface area contributed by atoms with Crippen molar-refractivity contribution < 1.29 is 10.0 Å². The van der Waals surface area contributed by atoms with Gasteiger partial charge in [-0.05, 0) is 6.08 Å². The lowest BCUT2D eigenvalue weighted by Crippen LogP contribution is -2.15. The van der Waals surface area contributed by atoms with E-state index in [4.69, 9.17) is 5.21 Å². The summed E-state index contributed by atoms with van der Waals surface area (Å²) in [6, 6.07) is 9.16. The van der Waals surface area contributed by atoms with Gasteiger partial charge in [-0.3, -0.25) is 4.79 Å². The van der Waals surface area contributed by atoms with E-state index in [-0.39, 0.29) is 5.78 Å². The quantitative estimate of drug-likeness (QED) is 0.465. The van der Waals surface area contributed by atoms with E-state index in [1.54, 1.807) is 18.2 Å². The molecular formula is C13H11NO2. The Morgan fingerprint density at radius 2 is 2.00 bits per heavy atom. The molecule has 3 heteroatoms. The van der Waals surface area contributed by atoms with Gasteiger partial charge in [0.2, 0.25) is 0 Å². The molecule has 0 amide bonds. The average Bonchev–Trinajstić information content (AvgIpc) is 2.34. The fourth-order valence-electron chi connectivity index (χ4n) is 1.62. The van der Waals surface area contributed by atoms with Crippen LogP contribution >= 0.6 is 0 Å². The molecule has 80 valence electrons. The zero-order chi connectivity index (χ0) is 11.4. The molecule has 16 heavy (non-hydrogen) atoms. The van der Waals surface area contributed by atoms with E-state index in [9.17, 15) is 4.79 Å². The number of hydrogen-bond acceptors (Lipinski definition) is 3. The van der Waals surface area contributed by atoms with E-state index in [2.05, 4.69) is 5.16 Å². The van der Waals surface area contributed by atoms with Crippen molar-refractivity contribution in [3.8, 4) is 0 Å². The van der Waals surface area contributed by atoms with Gasteiger partial charge in [-0.2, -0.15) is 0 Å². The van der Waals surface area contributed by atoms with Gasteiger partial charge in [-0.1, -0.05) is 47.6 Å². The lowest BCUT2D eigenvalue weighted by atomic mass is 9.94. The summed E-state index contributed by atoms with van der Waals surface area (Å²) in [5, 5.41) is 12.2. The van der Waals surface area contributed by atoms with Crippen LogP contribution < -0.4 is 0 Å². The molecule has 0 heterocycles. The standard InChI is InChI=1S/C13H11NO2/c15-12-9-5-4-8-11(12)13(14-16)10-6-2-1-3-7-10/h1-8,16H,9H2. The normalized spacial score (nSPS) is 16.1. The topological polar surface area (TPSA) is 49.7 Å². The van der Waals surface area contributed by atoms with Gasteiger partial charge >= 0.3 is 0 Å².